The van der Waals surface area contributed by atoms with Gasteiger partial charge in [0.1, 0.15) is 0 Å². The molecular weight excluding hydrogens is 290 g/mol. The van der Waals surface area contributed by atoms with Gasteiger partial charge in [-0.1, -0.05) is 48.0 Å². The molecule has 0 aliphatic rings. The van der Waals surface area contributed by atoms with Gasteiger partial charge < -0.3 is 16.3 Å². The molecule has 0 bridgehead atoms. The number of carboxylic acid groups (broad SMARTS) is 1. The Balaban J connectivity index is 2.35. The average molecular weight is 304 g/mol. The first-order valence-corrected chi connectivity index (χ1v) is 6.46. The second kappa shape index (κ2) is 6.30. The normalized spacial score (nSPS) is 11.7. The van der Waals surface area contributed by atoms with Crippen LogP contribution in [-0.2, 0) is 4.79 Å². The zero-order valence-electron chi connectivity index (χ0n) is 11.0. The molecule has 0 amide bonds. The number of nitrogens with two attached hydrogens (primary N) is 2. The molecule has 0 aromatic heterocycles. The Kier molecular flexibility index (Phi) is 4.47. The third-order valence-corrected chi connectivity index (χ3v) is 3.25. The molecule has 0 aliphatic carbocycles. The number of carboxylic acids is 1. The lowest BCUT2D eigenvalue weighted by atomic mass is 10.0. The summed E-state index contributed by atoms with van der Waals surface area (Å²) in [5, 5.41) is 9.64. The monoisotopic (exact) mass is 303 g/mol. The first-order valence-electron chi connectivity index (χ1n) is 6.09. The topological polar surface area (TPSA) is 101 Å². The first kappa shape index (κ1) is 14.9. The summed E-state index contributed by atoms with van der Waals surface area (Å²) in [6.07, 6.45) is 0. The van der Waals surface area contributed by atoms with Crippen LogP contribution in [0.15, 0.2) is 54.2 Å². The Morgan fingerprint density at radius 2 is 1.48 bits per heavy atom. The number of hydrogen-bond donors (Lipinski definition) is 4. The van der Waals surface area contributed by atoms with Crippen LogP contribution in [0.2, 0.25) is 5.02 Å². The molecule has 21 heavy (non-hydrogen) atoms. The van der Waals surface area contributed by atoms with Crippen molar-refractivity contribution in [2.45, 2.75) is 0 Å². The molecule has 6 heteroatoms. The fourth-order valence-electron chi connectivity index (χ4n) is 1.88. The van der Waals surface area contributed by atoms with E-state index in [0.717, 1.165) is 11.1 Å². The van der Waals surface area contributed by atoms with Gasteiger partial charge in [0.05, 0.1) is 5.70 Å². The van der Waals surface area contributed by atoms with E-state index < -0.39 is 5.97 Å². The van der Waals surface area contributed by atoms with Gasteiger partial charge >= 0.3 is 5.97 Å². The summed E-state index contributed by atoms with van der Waals surface area (Å²) in [4.78, 5) is 11.0. The van der Waals surface area contributed by atoms with Gasteiger partial charge in [-0.3, -0.25) is 5.84 Å². The predicted octanol–water partition coefficient (Wildman–Crippen LogP) is 2.18. The van der Waals surface area contributed by atoms with Crippen molar-refractivity contribution in [1.82, 2.24) is 5.43 Å². The molecule has 0 fully saturated rings. The lowest BCUT2D eigenvalue weighted by Crippen LogP contribution is -2.29. The van der Waals surface area contributed by atoms with Gasteiger partial charge in [0, 0.05) is 5.02 Å². The molecule has 0 aliphatic heterocycles. The van der Waals surface area contributed by atoms with E-state index in [2.05, 4.69) is 5.43 Å². The van der Waals surface area contributed by atoms with Gasteiger partial charge in [-0.05, 0) is 28.8 Å². The fraction of sp³-hybridized carbons (Fsp3) is 0. The zero-order valence-corrected chi connectivity index (χ0v) is 11.8. The van der Waals surface area contributed by atoms with E-state index in [1.54, 1.807) is 24.3 Å². The molecule has 0 unspecified atom stereocenters. The van der Waals surface area contributed by atoms with Crippen LogP contribution < -0.4 is 17.0 Å². The first-order chi connectivity index (χ1) is 10.0. The molecular formula is C15H14ClN3O2. The van der Waals surface area contributed by atoms with Crippen molar-refractivity contribution in [3.63, 3.8) is 0 Å². The SMILES string of the molecule is NN/C(C(=O)O)=C(\N)c1ccc(-c2ccc(Cl)cc2)cc1. The molecule has 0 atom stereocenters. The van der Waals surface area contributed by atoms with Gasteiger partial charge in [-0.2, -0.15) is 0 Å². The molecule has 6 N–H and O–H groups in total. The maximum atomic E-state index is 11.0. The minimum Gasteiger partial charge on any atom is -0.476 e. The lowest BCUT2D eigenvalue weighted by molar-refractivity contribution is -0.133. The quantitative estimate of drug-likeness (QED) is 0.394. The standard InChI is InChI=1S/C15H14ClN3O2/c16-12-7-5-10(6-8-12)9-1-3-11(4-2-9)13(17)14(19-18)15(20)21/h1-8,19H,17-18H2,(H,20,21)/b14-13-. The number of hydrazine groups is 1. The van der Waals surface area contributed by atoms with E-state index in [9.17, 15) is 4.79 Å². The van der Waals surface area contributed by atoms with Gasteiger partial charge in [0.15, 0.2) is 5.70 Å². The molecule has 2 aromatic rings. The van der Waals surface area contributed by atoms with Crippen LogP contribution in [0.3, 0.4) is 0 Å². The second-order valence-electron chi connectivity index (χ2n) is 4.32. The highest BCUT2D eigenvalue weighted by atomic mass is 35.5. The number of halogens is 1. The minimum atomic E-state index is -1.21. The fourth-order valence-corrected chi connectivity index (χ4v) is 2.01. The number of benzene rings is 2. The van der Waals surface area contributed by atoms with Crippen LogP contribution in [0.5, 0.6) is 0 Å². The summed E-state index contributed by atoms with van der Waals surface area (Å²) in [6.45, 7) is 0. The summed E-state index contributed by atoms with van der Waals surface area (Å²) >= 11 is 5.85. The summed E-state index contributed by atoms with van der Waals surface area (Å²) in [7, 11) is 0. The number of carbonyl (C=O) groups is 1. The third kappa shape index (κ3) is 3.34. The molecule has 0 saturated heterocycles. The van der Waals surface area contributed by atoms with Crippen molar-refractivity contribution in [3.05, 3.63) is 64.8 Å². The Bertz CT molecular complexity index is 679. The van der Waals surface area contributed by atoms with E-state index >= 15 is 0 Å². The predicted molar refractivity (Wildman–Crippen MR) is 83.0 cm³/mol. The van der Waals surface area contributed by atoms with Gasteiger partial charge in [-0.25, -0.2) is 4.79 Å². The highest BCUT2D eigenvalue weighted by Gasteiger charge is 2.12. The highest BCUT2D eigenvalue weighted by molar-refractivity contribution is 6.30. The van der Waals surface area contributed by atoms with Crippen molar-refractivity contribution < 1.29 is 9.90 Å². The highest BCUT2D eigenvalue weighted by Crippen LogP contribution is 2.23. The van der Waals surface area contributed by atoms with Crippen LogP contribution in [-0.4, -0.2) is 11.1 Å². The molecule has 0 spiro atoms. The number of nitrogens with one attached hydrogen (secondary N) is 1. The van der Waals surface area contributed by atoms with Crippen molar-refractivity contribution in [2.75, 3.05) is 0 Å². The largest absolute Gasteiger partial charge is 0.476 e. The van der Waals surface area contributed by atoms with E-state index in [1.807, 2.05) is 24.3 Å². The average Bonchev–Trinajstić information content (AvgIpc) is 2.48. The molecule has 108 valence electrons. The summed E-state index contributed by atoms with van der Waals surface area (Å²) in [6, 6.07) is 14.6. The summed E-state index contributed by atoms with van der Waals surface area (Å²) in [5.41, 5.74) is 10.3. The van der Waals surface area contributed by atoms with Crippen LogP contribution >= 0.6 is 11.6 Å². The van der Waals surface area contributed by atoms with E-state index in [-0.39, 0.29) is 11.4 Å². The smallest absolute Gasteiger partial charge is 0.355 e. The van der Waals surface area contributed by atoms with Crippen LogP contribution in [0.4, 0.5) is 0 Å². The van der Waals surface area contributed by atoms with Crippen LogP contribution in [0, 0.1) is 0 Å². The molecule has 5 nitrogen and oxygen atoms in total. The lowest BCUT2D eigenvalue weighted by Gasteiger charge is -2.09. The minimum absolute atomic E-state index is 0.0765. The van der Waals surface area contributed by atoms with Crippen molar-refractivity contribution in [2.24, 2.45) is 11.6 Å². The van der Waals surface area contributed by atoms with Crippen molar-refractivity contribution in [1.29, 1.82) is 0 Å². The van der Waals surface area contributed by atoms with Gasteiger partial charge in [0.2, 0.25) is 0 Å². The molecule has 0 heterocycles. The Morgan fingerprint density at radius 3 is 1.90 bits per heavy atom. The van der Waals surface area contributed by atoms with Crippen LogP contribution in [0.1, 0.15) is 5.56 Å². The van der Waals surface area contributed by atoms with Crippen molar-refractivity contribution >= 4 is 23.3 Å². The second-order valence-corrected chi connectivity index (χ2v) is 4.76. The number of rotatable bonds is 4. The Morgan fingerprint density at radius 1 is 1.00 bits per heavy atom. The van der Waals surface area contributed by atoms with E-state index in [0.29, 0.717) is 10.6 Å². The molecule has 2 aromatic carbocycles. The Labute approximate surface area is 126 Å². The molecule has 0 radical (unpaired) electrons. The number of hydrogen-bond acceptors (Lipinski definition) is 4. The molecule has 0 saturated carbocycles. The van der Waals surface area contributed by atoms with Crippen molar-refractivity contribution in [3.8, 4) is 11.1 Å². The maximum Gasteiger partial charge on any atom is 0.355 e. The van der Waals surface area contributed by atoms with E-state index in [4.69, 9.17) is 28.3 Å². The summed E-state index contributed by atoms with van der Waals surface area (Å²) in [5.74, 6) is 3.95. The molecule has 2 rings (SSSR count). The zero-order chi connectivity index (χ0) is 15.4. The number of aliphatic carboxylic acids is 1. The maximum absolute atomic E-state index is 11.0. The van der Waals surface area contributed by atoms with E-state index in [1.165, 1.54) is 0 Å². The Hall–Kier alpha value is -2.50. The van der Waals surface area contributed by atoms with Gasteiger partial charge in [-0.15, -0.1) is 0 Å². The van der Waals surface area contributed by atoms with Crippen LogP contribution in [0.25, 0.3) is 16.8 Å². The summed E-state index contributed by atoms with van der Waals surface area (Å²) < 4.78 is 0. The third-order valence-electron chi connectivity index (χ3n) is 3.00. The van der Waals surface area contributed by atoms with Gasteiger partial charge in [0.25, 0.3) is 0 Å².